The Morgan fingerprint density at radius 3 is 2.63 bits per heavy atom. The zero-order valence-electron chi connectivity index (χ0n) is 12.2. The fraction of sp³-hybridized carbons (Fsp3) is 0.647. The van der Waals surface area contributed by atoms with E-state index >= 15 is 0 Å². The van der Waals surface area contributed by atoms with E-state index in [1.165, 1.54) is 44.1 Å². The quantitative estimate of drug-likeness (QED) is 0.878. The first-order valence-electron chi connectivity index (χ1n) is 7.60. The largest absolute Gasteiger partial charge is 0.377 e. The number of benzene rings is 1. The average molecular weight is 259 g/mol. The van der Waals surface area contributed by atoms with Crippen LogP contribution >= 0.6 is 0 Å². The molecule has 1 N–H and O–H groups in total. The van der Waals surface area contributed by atoms with E-state index in [0.717, 1.165) is 6.42 Å². The van der Waals surface area contributed by atoms with E-state index in [4.69, 9.17) is 4.74 Å². The SMILES string of the molecule is CNC(Cc1ccc2c(c1)CCC2)C1(OC)CCC1. The topological polar surface area (TPSA) is 21.3 Å². The summed E-state index contributed by atoms with van der Waals surface area (Å²) in [6.07, 6.45) is 8.64. The van der Waals surface area contributed by atoms with E-state index in [2.05, 4.69) is 30.6 Å². The van der Waals surface area contributed by atoms with Gasteiger partial charge in [-0.2, -0.15) is 0 Å². The standard InChI is InChI=1S/C17H25NO/c1-18-16(17(19-2)9-4-10-17)12-13-7-8-14-5-3-6-15(14)11-13/h7-8,11,16,18H,3-6,9-10,12H2,1-2H3. The van der Waals surface area contributed by atoms with Gasteiger partial charge < -0.3 is 10.1 Å². The molecule has 104 valence electrons. The lowest BCUT2D eigenvalue weighted by Crippen LogP contribution is -2.56. The second-order valence-electron chi connectivity index (χ2n) is 6.12. The highest BCUT2D eigenvalue weighted by Gasteiger charge is 2.43. The highest BCUT2D eigenvalue weighted by molar-refractivity contribution is 5.35. The second kappa shape index (κ2) is 5.26. The summed E-state index contributed by atoms with van der Waals surface area (Å²) >= 11 is 0. The minimum atomic E-state index is 0.0771. The molecule has 2 aliphatic carbocycles. The van der Waals surface area contributed by atoms with Gasteiger partial charge in [0, 0.05) is 13.2 Å². The summed E-state index contributed by atoms with van der Waals surface area (Å²) in [5, 5.41) is 3.49. The molecule has 19 heavy (non-hydrogen) atoms. The van der Waals surface area contributed by atoms with Gasteiger partial charge in [-0.1, -0.05) is 18.2 Å². The van der Waals surface area contributed by atoms with E-state index in [1.54, 1.807) is 11.1 Å². The lowest BCUT2D eigenvalue weighted by molar-refractivity contribution is -0.0966. The van der Waals surface area contributed by atoms with Crippen LogP contribution in [0.1, 0.15) is 42.4 Å². The summed E-state index contributed by atoms with van der Waals surface area (Å²) in [5.41, 5.74) is 4.68. The Labute approximate surface area is 116 Å². The van der Waals surface area contributed by atoms with E-state index < -0.39 is 0 Å². The first kappa shape index (κ1) is 13.1. The van der Waals surface area contributed by atoms with E-state index in [-0.39, 0.29) is 5.60 Å². The van der Waals surface area contributed by atoms with Crippen LogP contribution in [-0.4, -0.2) is 25.8 Å². The predicted octanol–water partition coefficient (Wildman–Crippen LogP) is 2.87. The molecular weight excluding hydrogens is 234 g/mol. The van der Waals surface area contributed by atoms with E-state index in [1.807, 2.05) is 7.11 Å². The van der Waals surface area contributed by atoms with Crippen LogP contribution < -0.4 is 5.32 Å². The molecule has 3 rings (SSSR count). The smallest absolute Gasteiger partial charge is 0.0834 e. The highest BCUT2D eigenvalue weighted by Crippen LogP contribution is 2.39. The Hall–Kier alpha value is -0.860. The van der Waals surface area contributed by atoms with Gasteiger partial charge in [-0.25, -0.2) is 0 Å². The normalized spacial score (nSPS) is 21.8. The van der Waals surface area contributed by atoms with Crippen LogP contribution in [0.2, 0.25) is 0 Å². The molecule has 1 fully saturated rings. The van der Waals surface area contributed by atoms with Gasteiger partial charge >= 0.3 is 0 Å². The molecule has 0 aliphatic heterocycles. The maximum Gasteiger partial charge on any atom is 0.0834 e. The van der Waals surface area contributed by atoms with Crippen molar-refractivity contribution >= 4 is 0 Å². The Morgan fingerprint density at radius 2 is 2.00 bits per heavy atom. The zero-order chi connectivity index (χ0) is 13.3. The van der Waals surface area contributed by atoms with Gasteiger partial charge in [0.25, 0.3) is 0 Å². The molecule has 0 heterocycles. The van der Waals surface area contributed by atoms with Crippen molar-refractivity contribution in [2.45, 2.75) is 56.6 Å². The number of fused-ring (bicyclic) bond motifs is 1. The predicted molar refractivity (Wildman–Crippen MR) is 78.6 cm³/mol. The highest BCUT2D eigenvalue weighted by atomic mass is 16.5. The molecule has 0 bridgehead atoms. The maximum atomic E-state index is 5.83. The van der Waals surface area contributed by atoms with Crippen molar-refractivity contribution in [3.8, 4) is 0 Å². The molecule has 1 aromatic carbocycles. The number of nitrogens with one attached hydrogen (secondary N) is 1. The summed E-state index contributed by atoms with van der Waals surface area (Å²) in [7, 11) is 3.93. The van der Waals surface area contributed by atoms with Crippen molar-refractivity contribution < 1.29 is 4.74 Å². The summed E-state index contributed by atoms with van der Waals surface area (Å²) < 4.78 is 5.83. The Kier molecular flexibility index (Phi) is 3.64. The summed E-state index contributed by atoms with van der Waals surface area (Å²) in [4.78, 5) is 0. The third-order valence-electron chi connectivity index (χ3n) is 5.19. The van der Waals surface area contributed by atoms with Gasteiger partial charge in [0.05, 0.1) is 5.60 Å². The molecule has 1 saturated carbocycles. The van der Waals surface area contributed by atoms with Crippen LogP contribution in [0.3, 0.4) is 0 Å². The number of hydrogen-bond donors (Lipinski definition) is 1. The minimum absolute atomic E-state index is 0.0771. The number of hydrogen-bond acceptors (Lipinski definition) is 2. The fourth-order valence-corrected chi connectivity index (χ4v) is 3.76. The van der Waals surface area contributed by atoms with Gasteiger partial charge in [-0.15, -0.1) is 0 Å². The van der Waals surface area contributed by atoms with Crippen molar-refractivity contribution in [3.63, 3.8) is 0 Å². The number of aryl methyl sites for hydroxylation is 2. The van der Waals surface area contributed by atoms with E-state index in [9.17, 15) is 0 Å². The van der Waals surface area contributed by atoms with Gasteiger partial charge in [0.15, 0.2) is 0 Å². The number of rotatable bonds is 5. The van der Waals surface area contributed by atoms with Crippen LogP contribution in [0.15, 0.2) is 18.2 Å². The third-order valence-corrected chi connectivity index (χ3v) is 5.19. The first-order chi connectivity index (χ1) is 9.27. The molecule has 0 spiro atoms. The van der Waals surface area contributed by atoms with Crippen LogP contribution in [0.4, 0.5) is 0 Å². The molecule has 1 aromatic rings. The molecule has 0 radical (unpaired) electrons. The second-order valence-corrected chi connectivity index (χ2v) is 6.12. The number of methoxy groups -OCH3 is 1. The minimum Gasteiger partial charge on any atom is -0.377 e. The molecule has 0 aromatic heterocycles. The Balaban J connectivity index is 1.75. The molecule has 2 aliphatic rings. The molecule has 1 unspecified atom stereocenters. The van der Waals surface area contributed by atoms with Crippen molar-refractivity contribution in [3.05, 3.63) is 34.9 Å². The number of likely N-dealkylation sites (N-methyl/N-ethyl adjacent to an activating group) is 1. The fourth-order valence-electron chi connectivity index (χ4n) is 3.76. The Bertz CT molecular complexity index is 445. The van der Waals surface area contributed by atoms with Gasteiger partial charge in [0.2, 0.25) is 0 Å². The third kappa shape index (κ3) is 2.32. The van der Waals surface area contributed by atoms with Crippen LogP contribution in [0.25, 0.3) is 0 Å². The van der Waals surface area contributed by atoms with Crippen LogP contribution in [-0.2, 0) is 24.0 Å². The van der Waals surface area contributed by atoms with Crippen molar-refractivity contribution in [1.29, 1.82) is 0 Å². The lowest BCUT2D eigenvalue weighted by Gasteiger charge is -2.46. The number of ether oxygens (including phenoxy) is 1. The molecular formula is C17H25NO. The van der Waals surface area contributed by atoms with Crippen molar-refractivity contribution in [2.75, 3.05) is 14.2 Å². The summed E-state index contributed by atoms with van der Waals surface area (Å²) in [5.74, 6) is 0. The molecule has 0 amide bonds. The average Bonchev–Trinajstić information content (AvgIpc) is 2.84. The maximum absolute atomic E-state index is 5.83. The molecule has 2 heteroatoms. The Morgan fingerprint density at radius 1 is 1.21 bits per heavy atom. The molecule has 0 saturated heterocycles. The molecule has 1 atom stereocenters. The van der Waals surface area contributed by atoms with Gasteiger partial charge in [0.1, 0.15) is 0 Å². The zero-order valence-corrected chi connectivity index (χ0v) is 12.2. The summed E-state index contributed by atoms with van der Waals surface area (Å²) in [6.45, 7) is 0. The lowest BCUT2D eigenvalue weighted by atomic mass is 9.72. The van der Waals surface area contributed by atoms with E-state index in [0.29, 0.717) is 6.04 Å². The monoisotopic (exact) mass is 259 g/mol. The van der Waals surface area contributed by atoms with Crippen molar-refractivity contribution in [2.24, 2.45) is 0 Å². The van der Waals surface area contributed by atoms with Crippen LogP contribution in [0, 0.1) is 0 Å². The van der Waals surface area contributed by atoms with Gasteiger partial charge in [-0.3, -0.25) is 0 Å². The summed E-state index contributed by atoms with van der Waals surface area (Å²) in [6, 6.07) is 7.52. The first-order valence-corrected chi connectivity index (χ1v) is 7.60. The van der Waals surface area contributed by atoms with Crippen LogP contribution in [0.5, 0.6) is 0 Å². The molecule has 2 nitrogen and oxygen atoms in total. The van der Waals surface area contributed by atoms with Gasteiger partial charge in [-0.05, 0) is 68.7 Å². The van der Waals surface area contributed by atoms with Crippen molar-refractivity contribution in [1.82, 2.24) is 5.32 Å².